The Balaban J connectivity index is 2.54. The summed E-state index contributed by atoms with van der Waals surface area (Å²) in [6, 6.07) is 11.4. The molecule has 0 amide bonds. The summed E-state index contributed by atoms with van der Waals surface area (Å²) >= 11 is 3.49. The summed E-state index contributed by atoms with van der Waals surface area (Å²) in [4.78, 5) is 0. The largest absolute Gasteiger partial charge is 0.309 e. The zero-order valence-corrected chi connectivity index (χ0v) is 12.9. The first-order chi connectivity index (χ1) is 9.02. The molecule has 3 heteroatoms. The Kier molecular flexibility index (Phi) is 4.38. The lowest BCUT2D eigenvalue weighted by Gasteiger charge is -2.22. The number of benzene rings is 2. The van der Waals surface area contributed by atoms with Gasteiger partial charge in [0.15, 0.2) is 0 Å². The van der Waals surface area contributed by atoms with Gasteiger partial charge < -0.3 is 5.32 Å². The van der Waals surface area contributed by atoms with Gasteiger partial charge in [0.25, 0.3) is 0 Å². The monoisotopic (exact) mass is 321 g/mol. The molecule has 2 aromatic rings. The van der Waals surface area contributed by atoms with Crippen LogP contribution in [0, 0.1) is 19.7 Å². The molecule has 1 nitrogen and oxygen atoms in total. The fraction of sp³-hybridized carbons (Fsp3) is 0.250. The molecule has 0 fully saturated rings. The molecule has 0 spiro atoms. The third-order valence-electron chi connectivity index (χ3n) is 3.32. The topological polar surface area (TPSA) is 12.0 Å². The molecular formula is C16H17BrFN. The number of rotatable bonds is 3. The molecule has 0 saturated carbocycles. The Morgan fingerprint density at radius 3 is 2.26 bits per heavy atom. The molecule has 1 unspecified atom stereocenters. The van der Waals surface area contributed by atoms with E-state index in [9.17, 15) is 4.39 Å². The lowest BCUT2D eigenvalue weighted by Crippen LogP contribution is -2.20. The highest BCUT2D eigenvalue weighted by atomic mass is 79.9. The van der Waals surface area contributed by atoms with Crippen LogP contribution in [0.2, 0.25) is 0 Å². The molecule has 0 aliphatic carbocycles. The molecule has 0 saturated heterocycles. The third-order valence-corrected chi connectivity index (χ3v) is 3.81. The van der Waals surface area contributed by atoms with E-state index in [4.69, 9.17) is 0 Å². The fourth-order valence-corrected chi connectivity index (χ4v) is 2.96. The van der Waals surface area contributed by atoms with Crippen LogP contribution in [0.25, 0.3) is 0 Å². The van der Waals surface area contributed by atoms with Crippen LogP contribution in [-0.4, -0.2) is 7.05 Å². The predicted molar refractivity (Wildman–Crippen MR) is 80.9 cm³/mol. The molecule has 0 aliphatic rings. The second kappa shape index (κ2) is 5.85. The third kappa shape index (κ3) is 3.04. The van der Waals surface area contributed by atoms with Crippen LogP contribution in [-0.2, 0) is 0 Å². The Hall–Kier alpha value is -1.19. The molecule has 0 bridgehead atoms. The van der Waals surface area contributed by atoms with Gasteiger partial charge in [-0.3, -0.25) is 0 Å². The van der Waals surface area contributed by atoms with Gasteiger partial charge in [-0.25, -0.2) is 4.39 Å². The average Bonchev–Trinajstić information content (AvgIpc) is 2.33. The molecule has 1 atom stereocenters. The van der Waals surface area contributed by atoms with Crippen LogP contribution in [0.4, 0.5) is 4.39 Å². The van der Waals surface area contributed by atoms with Crippen molar-refractivity contribution in [3.8, 4) is 0 Å². The summed E-state index contributed by atoms with van der Waals surface area (Å²) in [5, 5.41) is 3.32. The molecule has 0 aliphatic heterocycles. The number of hydrogen-bond acceptors (Lipinski definition) is 1. The summed E-state index contributed by atoms with van der Waals surface area (Å²) in [5.74, 6) is -0.178. The van der Waals surface area contributed by atoms with Crippen molar-refractivity contribution in [2.75, 3.05) is 7.05 Å². The van der Waals surface area contributed by atoms with E-state index < -0.39 is 0 Å². The maximum atomic E-state index is 13.4. The fourth-order valence-electron chi connectivity index (χ4n) is 2.54. The number of aryl methyl sites for hydroxylation is 2. The normalized spacial score (nSPS) is 12.5. The van der Waals surface area contributed by atoms with E-state index in [1.807, 2.05) is 33.0 Å². The minimum atomic E-state index is -0.178. The number of nitrogens with one attached hydrogen (secondary N) is 1. The van der Waals surface area contributed by atoms with Crippen molar-refractivity contribution in [2.45, 2.75) is 19.9 Å². The van der Waals surface area contributed by atoms with Gasteiger partial charge in [0.2, 0.25) is 0 Å². The summed E-state index contributed by atoms with van der Waals surface area (Å²) in [5.41, 5.74) is 4.24. The highest BCUT2D eigenvalue weighted by Crippen LogP contribution is 2.29. The smallest absolute Gasteiger partial charge is 0.123 e. The zero-order valence-electron chi connectivity index (χ0n) is 11.3. The van der Waals surface area contributed by atoms with Crippen LogP contribution in [0.5, 0.6) is 0 Å². The standard InChI is InChI=1S/C16H17BrFN/c1-10-7-14(18)8-11(2)15(10)16(19-3)12-5-4-6-13(17)9-12/h4-9,16,19H,1-3H3. The first-order valence-electron chi connectivity index (χ1n) is 6.22. The van der Waals surface area contributed by atoms with Crippen molar-refractivity contribution in [3.05, 3.63) is 68.9 Å². The van der Waals surface area contributed by atoms with Gasteiger partial charge in [-0.1, -0.05) is 28.1 Å². The molecule has 2 aromatic carbocycles. The second-order valence-corrected chi connectivity index (χ2v) is 5.65. The van der Waals surface area contributed by atoms with Gasteiger partial charge in [-0.05, 0) is 67.4 Å². The summed E-state index contributed by atoms with van der Waals surface area (Å²) < 4.78 is 14.5. The van der Waals surface area contributed by atoms with Crippen molar-refractivity contribution in [1.29, 1.82) is 0 Å². The van der Waals surface area contributed by atoms with E-state index in [0.717, 1.165) is 26.7 Å². The van der Waals surface area contributed by atoms with Crippen molar-refractivity contribution in [1.82, 2.24) is 5.32 Å². The average molecular weight is 322 g/mol. The molecule has 2 rings (SSSR count). The molecule has 0 radical (unpaired) electrons. The zero-order chi connectivity index (χ0) is 14.0. The van der Waals surface area contributed by atoms with Crippen molar-refractivity contribution in [3.63, 3.8) is 0 Å². The molecule has 19 heavy (non-hydrogen) atoms. The predicted octanol–water partition coefficient (Wildman–Crippen LogP) is 4.51. The van der Waals surface area contributed by atoms with Gasteiger partial charge in [0.05, 0.1) is 6.04 Å². The Morgan fingerprint density at radius 1 is 1.11 bits per heavy atom. The maximum Gasteiger partial charge on any atom is 0.123 e. The van der Waals surface area contributed by atoms with Crippen LogP contribution >= 0.6 is 15.9 Å². The molecule has 0 heterocycles. The van der Waals surface area contributed by atoms with E-state index in [-0.39, 0.29) is 11.9 Å². The Bertz CT molecular complexity index is 572. The van der Waals surface area contributed by atoms with E-state index in [2.05, 4.69) is 33.4 Å². The number of halogens is 2. The minimum absolute atomic E-state index is 0.0677. The van der Waals surface area contributed by atoms with E-state index >= 15 is 0 Å². The van der Waals surface area contributed by atoms with E-state index in [1.54, 1.807) is 12.1 Å². The van der Waals surface area contributed by atoms with Crippen LogP contribution in [0.15, 0.2) is 40.9 Å². The summed E-state index contributed by atoms with van der Waals surface area (Å²) in [6.07, 6.45) is 0. The Labute approximate surface area is 122 Å². The lowest BCUT2D eigenvalue weighted by molar-refractivity contribution is 0.618. The van der Waals surface area contributed by atoms with Crippen molar-refractivity contribution in [2.24, 2.45) is 0 Å². The first kappa shape index (κ1) is 14.2. The highest BCUT2D eigenvalue weighted by molar-refractivity contribution is 9.10. The molecular weight excluding hydrogens is 305 g/mol. The summed E-state index contributed by atoms with van der Waals surface area (Å²) in [6.45, 7) is 3.90. The summed E-state index contributed by atoms with van der Waals surface area (Å²) in [7, 11) is 1.92. The lowest BCUT2D eigenvalue weighted by atomic mass is 9.91. The minimum Gasteiger partial charge on any atom is -0.309 e. The van der Waals surface area contributed by atoms with Crippen LogP contribution in [0.1, 0.15) is 28.3 Å². The quantitative estimate of drug-likeness (QED) is 0.876. The van der Waals surface area contributed by atoms with Crippen molar-refractivity contribution >= 4 is 15.9 Å². The molecule has 1 N–H and O–H groups in total. The van der Waals surface area contributed by atoms with Gasteiger partial charge in [-0.15, -0.1) is 0 Å². The van der Waals surface area contributed by atoms with Gasteiger partial charge in [-0.2, -0.15) is 0 Å². The molecule has 100 valence electrons. The number of hydrogen-bond donors (Lipinski definition) is 1. The maximum absolute atomic E-state index is 13.4. The highest BCUT2D eigenvalue weighted by Gasteiger charge is 2.17. The van der Waals surface area contributed by atoms with Gasteiger partial charge in [0, 0.05) is 4.47 Å². The first-order valence-corrected chi connectivity index (χ1v) is 7.01. The second-order valence-electron chi connectivity index (χ2n) is 4.73. The molecule has 0 aromatic heterocycles. The van der Waals surface area contributed by atoms with E-state index in [0.29, 0.717) is 0 Å². The van der Waals surface area contributed by atoms with Gasteiger partial charge >= 0.3 is 0 Å². The SMILES string of the molecule is CNC(c1cccc(Br)c1)c1c(C)cc(F)cc1C. The van der Waals surface area contributed by atoms with Gasteiger partial charge in [0.1, 0.15) is 5.82 Å². The van der Waals surface area contributed by atoms with E-state index in [1.165, 1.54) is 0 Å². The van der Waals surface area contributed by atoms with Crippen LogP contribution < -0.4 is 5.32 Å². The van der Waals surface area contributed by atoms with Crippen LogP contribution in [0.3, 0.4) is 0 Å². The van der Waals surface area contributed by atoms with Crippen molar-refractivity contribution < 1.29 is 4.39 Å². The Morgan fingerprint density at radius 2 is 1.74 bits per heavy atom.